The maximum atomic E-state index is 12.1. The number of fused-ring (bicyclic) bond motifs is 3. The van der Waals surface area contributed by atoms with Crippen LogP contribution in [0.2, 0.25) is 5.02 Å². The second kappa shape index (κ2) is 6.78. The molecule has 7 heteroatoms. The number of esters is 1. The minimum Gasteiger partial charge on any atom is -0.462 e. The van der Waals surface area contributed by atoms with Crippen LogP contribution in [0.25, 0.3) is 21.9 Å². The quantitative estimate of drug-likeness (QED) is 0.392. The van der Waals surface area contributed by atoms with Gasteiger partial charge in [-0.3, -0.25) is 0 Å². The van der Waals surface area contributed by atoms with E-state index in [1.54, 1.807) is 19.4 Å². The summed E-state index contributed by atoms with van der Waals surface area (Å²) in [6.45, 7) is 4.81. The number of aromatic amines is 1. The Morgan fingerprint density at radius 1 is 1.41 bits per heavy atom. The van der Waals surface area contributed by atoms with Gasteiger partial charge in [-0.1, -0.05) is 11.6 Å². The number of aromatic nitrogens is 3. The minimum atomic E-state index is -0.417. The standard InChI is InChI=1S/C15H14ClN3O2.HI/c1-3-19-7-9(15(20)21-4-2)13(16)12-11(19)6-5-10-14(12)18-8-17-10;/h5-8H,3-4H2,1-2H3;1H/p+1. The summed E-state index contributed by atoms with van der Waals surface area (Å²) < 4.78 is 7.06. The Bertz CT molecular complexity index is 848. The summed E-state index contributed by atoms with van der Waals surface area (Å²) in [5, 5.41) is 1.15. The number of imidazole rings is 1. The van der Waals surface area contributed by atoms with Crippen LogP contribution in [0.3, 0.4) is 0 Å². The highest BCUT2D eigenvalue weighted by molar-refractivity contribution is 14.0. The molecular weight excluding hydrogens is 417 g/mol. The van der Waals surface area contributed by atoms with Gasteiger partial charge in [-0.15, -0.1) is 24.0 Å². The molecule has 0 saturated carbocycles. The lowest BCUT2D eigenvalue weighted by atomic mass is 10.1. The molecule has 3 aromatic rings. The Balaban J connectivity index is 0.00000176. The molecule has 2 heterocycles. The third kappa shape index (κ3) is 2.65. The number of hydrogen-bond acceptors (Lipinski definition) is 3. The number of ether oxygens (including phenoxy) is 1. The van der Waals surface area contributed by atoms with Gasteiger partial charge in [0.15, 0.2) is 6.20 Å². The fraction of sp³-hybridized carbons (Fsp3) is 0.267. The van der Waals surface area contributed by atoms with E-state index in [4.69, 9.17) is 16.3 Å². The molecule has 0 saturated heterocycles. The molecule has 0 bridgehead atoms. The zero-order valence-corrected chi connectivity index (χ0v) is 15.3. The van der Waals surface area contributed by atoms with Crippen molar-refractivity contribution in [2.75, 3.05) is 6.61 Å². The fourth-order valence-electron chi connectivity index (χ4n) is 2.48. The van der Waals surface area contributed by atoms with Gasteiger partial charge in [0.25, 0.3) is 0 Å². The summed E-state index contributed by atoms with van der Waals surface area (Å²) in [7, 11) is 0. The van der Waals surface area contributed by atoms with Crippen molar-refractivity contribution in [2.45, 2.75) is 20.4 Å². The van der Waals surface area contributed by atoms with E-state index >= 15 is 0 Å². The third-order valence-electron chi connectivity index (χ3n) is 3.46. The van der Waals surface area contributed by atoms with Crippen LogP contribution in [0.15, 0.2) is 24.7 Å². The fourth-order valence-corrected chi connectivity index (χ4v) is 2.79. The van der Waals surface area contributed by atoms with E-state index in [0.29, 0.717) is 17.2 Å². The van der Waals surface area contributed by atoms with Crippen molar-refractivity contribution < 1.29 is 14.1 Å². The number of hydrogen-bond donors (Lipinski definition) is 1. The normalized spacial score (nSPS) is 10.7. The second-order valence-electron chi connectivity index (χ2n) is 4.62. The summed E-state index contributed by atoms with van der Waals surface area (Å²) in [4.78, 5) is 19.5. The number of H-pyrrole nitrogens is 1. The SMILES string of the molecule is CCOC(=O)c1c[n+](CC)c2ccc3[nH]cnc3c2c1Cl.I. The smallest absolute Gasteiger partial charge is 0.345 e. The van der Waals surface area contributed by atoms with Crippen LogP contribution >= 0.6 is 35.6 Å². The molecule has 116 valence electrons. The average molecular weight is 433 g/mol. The summed E-state index contributed by atoms with van der Waals surface area (Å²) in [6.07, 6.45) is 3.36. The van der Waals surface area contributed by atoms with Gasteiger partial charge in [0, 0.05) is 6.07 Å². The number of nitrogens with one attached hydrogen (secondary N) is 1. The van der Waals surface area contributed by atoms with E-state index in [2.05, 4.69) is 9.97 Å². The van der Waals surface area contributed by atoms with E-state index in [0.717, 1.165) is 28.5 Å². The number of carbonyl (C=O) groups is 1. The van der Waals surface area contributed by atoms with Crippen molar-refractivity contribution >= 4 is 63.5 Å². The van der Waals surface area contributed by atoms with Crippen molar-refractivity contribution in [3.05, 3.63) is 35.2 Å². The van der Waals surface area contributed by atoms with E-state index in [1.807, 2.05) is 23.6 Å². The van der Waals surface area contributed by atoms with Crippen LogP contribution in [0, 0.1) is 0 Å². The summed E-state index contributed by atoms with van der Waals surface area (Å²) in [6, 6.07) is 3.93. The van der Waals surface area contributed by atoms with Gasteiger partial charge in [0.05, 0.1) is 28.9 Å². The molecule has 0 radical (unpaired) electrons. The van der Waals surface area contributed by atoms with Crippen LogP contribution in [0.5, 0.6) is 0 Å². The molecular formula is C15H16ClIN3O2+. The van der Waals surface area contributed by atoms with Crippen LogP contribution in [-0.2, 0) is 11.3 Å². The van der Waals surface area contributed by atoms with Gasteiger partial charge in [0.2, 0.25) is 5.52 Å². The number of halogens is 2. The topological polar surface area (TPSA) is 58.9 Å². The van der Waals surface area contributed by atoms with E-state index in [9.17, 15) is 4.79 Å². The molecule has 0 unspecified atom stereocenters. The molecule has 0 atom stereocenters. The van der Waals surface area contributed by atoms with Crippen molar-refractivity contribution in [3.63, 3.8) is 0 Å². The largest absolute Gasteiger partial charge is 0.462 e. The van der Waals surface area contributed by atoms with Crippen LogP contribution in [-0.4, -0.2) is 22.5 Å². The lowest BCUT2D eigenvalue weighted by Crippen LogP contribution is -2.34. The lowest BCUT2D eigenvalue weighted by molar-refractivity contribution is -0.667. The van der Waals surface area contributed by atoms with Crippen molar-refractivity contribution in [3.8, 4) is 0 Å². The highest BCUT2D eigenvalue weighted by Crippen LogP contribution is 2.30. The van der Waals surface area contributed by atoms with E-state index < -0.39 is 5.97 Å². The Labute approximate surface area is 149 Å². The molecule has 0 aliphatic heterocycles. The molecule has 1 N–H and O–H groups in total. The van der Waals surface area contributed by atoms with Gasteiger partial charge in [-0.05, 0) is 19.9 Å². The Morgan fingerprint density at radius 3 is 2.86 bits per heavy atom. The Hall–Kier alpha value is -1.41. The van der Waals surface area contributed by atoms with Crippen molar-refractivity contribution in [2.24, 2.45) is 0 Å². The highest BCUT2D eigenvalue weighted by atomic mass is 127. The maximum Gasteiger partial charge on any atom is 0.345 e. The number of aryl methyl sites for hydroxylation is 1. The van der Waals surface area contributed by atoms with E-state index in [-0.39, 0.29) is 24.0 Å². The molecule has 0 amide bonds. The molecule has 0 fully saturated rings. The van der Waals surface area contributed by atoms with Crippen LogP contribution < -0.4 is 4.57 Å². The molecule has 22 heavy (non-hydrogen) atoms. The van der Waals surface area contributed by atoms with Gasteiger partial charge < -0.3 is 9.72 Å². The van der Waals surface area contributed by atoms with Gasteiger partial charge in [-0.2, -0.15) is 4.57 Å². The molecule has 1 aromatic carbocycles. The summed E-state index contributed by atoms with van der Waals surface area (Å²) >= 11 is 6.47. The summed E-state index contributed by atoms with van der Waals surface area (Å²) in [5.41, 5.74) is 2.94. The average Bonchev–Trinajstić information content (AvgIpc) is 2.96. The van der Waals surface area contributed by atoms with Gasteiger partial charge in [-0.25, -0.2) is 9.78 Å². The zero-order chi connectivity index (χ0) is 15.0. The Morgan fingerprint density at radius 2 is 2.18 bits per heavy atom. The molecule has 0 aliphatic carbocycles. The van der Waals surface area contributed by atoms with Crippen molar-refractivity contribution in [1.82, 2.24) is 9.97 Å². The van der Waals surface area contributed by atoms with Crippen LogP contribution in [0.1, 0.15) is 24.2 Å². The molecule has 5 nitrogen and oxygen atoms in total. The molecule has 0 aliphatic rings. The first-order valence-corrected chi connectivity index (χ1v) is 7.20. The number of nitrogens with zero attached hydrogens (tertiary/aromatic N) is 2. The first-order valence-electron chi connectivity index (χ1n) is 6.82. The first kappa shape index (κ1) is 17.0. The highest BCUT2D eigenvalue weighted by Gasteiger charge is 2.24. The van der Waals surface area contributed by atoms with Gasteiger partial charge >= 0.3 is 5.97 Å². The third-order valence-corrected chi connectivity index (χ3v) is 3.85. The molecule has 2 aromatic heterocycles. The number of benzene rings is 1. The van der Waals surface area contributed by atoms with Crippen LogP contribution in [0.4, 0.5) is 0 Å². The van der Waals surface area contributed by atoms with E-state index in [1.165, 1.54) is 0 Å². The first-order chi connectivity index (χ1) is 10.2. The lowest BCUT2D eigenvalue weighted by Gasteiger charge is -2.07. The predicted molar refractivity (Wildman–Crippen MR) is 95.9 cm³/mol. The zero-order valence-electron chi connectivity index (χ0n) is 12.2. The summed E-state index contributed by atoms with van der Waals surface area (Å²) in [5.74, 6) is -0.417. The molecule has 0 spiro atoms. The maximum absolute atomic E-state index is 12.1. The second-order valence-corrected chi connectivity index (χ2v) is 5.00. The predicted octanol–water partition coefficient (Wildman–Crippen LogP) is 3.47. The number of pyridine rings is 1. The number of carbonyl (C=O) groups excluding carboxylic acids is 1. The van der Waals surface area contributed by atoms with Gasteiger partial charge in [0.1, 0.15) is 17.6 Å². The minimum absolute atomic E-state index is 0. The Kier molecular flexibility index (Phi) is 5.23. The monoisotopic (exact) mass is 432 g/mol. The van der Waals surface area contributed by atoms with Crippen molar-refractivity contribution in [1.29, 1.82) is 0 Å². The molecule has 3 rings (SSSR count). The number of rotatable bonds is 3.